The summed E-state index contributed by atoms with van der Waals surface area (Å²) in [5, 5.41) is 12.6. The maximum atomic E-state index is 11.3. The fraction of sp³-hybridized carbons (Fsp3) is 0.533. The second kappa shape index (κ2) is 7.17. The third-order valence-corrected chi connectivity index (χ3v) is 3.64. The summed E-state index contributed by atoms with van der Waals surface area (Å²) in [6, 6.07) is 9.73. The predicted octanol–water partition coefficient (Wildman–Crippen LogP) is 2.88. The molecule has 3 atom stereocenters. The van der Waals surface area contributed by atoms with Gasteiger partial charge in [-0.1, -0.05) is 50.6 Å². The van der Waals surface area contributed by atoms with E-state index >= 15 is 0 Å². The molecule has 18 heavy (non-hydrogen) atoms. The lowest BCUT2D eigenvalue weighted by molar-refractivity contribution is -0.138. The highest BCUT2D eigenvalue weighted by Gasteiger charge is 2.21. The molecule has 0 heterocycles. The van der Waals surface area contributed by atoms with E-state index in [0.717, 1.165) is 12.0 Å². The van der Waals surface area contributed by atoms with E-state index in [1.165, 1.54) is 0 Å². The quantitative estimate of drug-likeness (QED) is 0.781. The summed E-state index contributed by atoms with van der Waals surface area (Å²) in [6.07, 6.45) is 1.09. The second-order valence-electron chi connectivity index (χ2n) is 4.88. The molecule has 0 aliphatic carbocycles. The van der Waals surface area contributed by atoms with Gasteiger partial charge in [-0.05, 0) is 18.4 Å². The normalized spacial score (nSPS) is 15.9. The molecule has 0 amide bonds. The van der Waals surface area contributed by atoms with Crippen LogP contribution in [-0.4, -0.2) is 23.7 Å². The zero-order chi connectivity index (χ0) is 13.5. The molecule has 0 saturated heterocycles. The lowest BCUT2D eigenvalue weighted by Crippen LogP contribution is -2.36. The van der Waals surface area contributed by atoms with Crippen LogP contribution in [-0.2, 0) is 4.79 Å². The summed E-state index contributed by atoms with van der Waals surface area (Å²) in [5.41, 5.74) is 0.855. The monoisotopic (exact) mass is 249 g/mol. The molecule has 1 aromatic carbocycles. The average molecular weight is 249 g/mol. The van der Waals surface area contributed by atoms with Crippen LogP contribution in [0.5, 0.6) is 0 Å². The number of rotatable bonds is 7. The summed E-state index contributed by atoms with van der Waals surface area (Å²) in [7, 11) is 0. The number of carbonyl (C=O) groups is 1. The summed E-state index contributed by atoms with van der Waals surface area (Å²) in [6.45, 7) is 6.91. The Hall–Kier alpha value is -1.35. The molecule has 1 aromatic rings. The molecule has 0 aliphatic heterocycles. The van der Waals surface area contributed by atoms with Crippen LogP contribution in [0.3, 0.4) is 0 Å². The first-order valence-corrected chi connectivity index (χ1v) is 6.57. The van der Waals surface area contributed by atoms with Crippen LogP contribution in [0, 0.1) is 5.92 Å². The van der Waals surface area contributed by atoms with E-state index < -0.39 is 11.9 Å². The van der Waals surface area contributed by atoms with Crippen molar-refractivity contribution in [1.82, 2.24) is 5.32 Å². The van der Waals surface area contributed by atoms with Crippen molar-refractivity contribution < 1.29 is 9.90 Å². The van der Waals surface area contributed by atoms with Crippen molar-refractivity contribution in [1.29, 1.82) is 0 Å². The highest BCUT2D eigenvalue weighted by atomic mass is 16.4. The van der Waals surface area contributed by atoms with Gasteiger partial charge >= 0.3 is 5.97 Å². The third-order valence-electron chi connectivity index (χ3n) is 3.64. The van der Waals surface area contributed by atoms with Gasteiger partial charge in [-0.15, -0.1) is 0 Å². The molecule has 1 rings (SSSR count). The van der Waals surface area contributed by atoms with E-state index in [-0.39, 0.29) is 0 Å². The Bertz CT molecular complexity index is 364. The Kier molecular flexibility index (Phi) is 5.86. The van der Waals surface area contributed by atoms with Crippen molar-refractivity contribution in [2.24, 2.45) is 5.92 Å². The number of nitrogens with one attached hydrogen (secondary N) is 1. The van der Waals surface area contributed by atoms with Gasteiger partial charge in [0.05, 0.1) is 5.92 Å². The van der Waals surface area contributed by atoms with E-state index in [4.69, 9.17) is 0 Å². The Balaban J connectivity index is 2.63. The van der Waals surface area contributed by atoms with Gasteiger partial charge in [0.1, 0.15) is 0 Å². The molecule has 0 fully saturated rings. The van der Waals surface area contributed by atoms with Crippen LogP contribution < -0.4 is 5.32 Å². The molecule has 0 aromatic heterocycles. The highest BCUT2D eigenvalue weighted by molar-refractivity contribution is 5.76. The number of carboxylic acid groups (broad SMARTS) is 1. The number of benzene rings is 1. The summed E-state index contributed by atoms with van der Waals surface area (Å²) in [4.78, 5) is 11.3. The molecule has 3 unspecified atom stereocenters. The average Bonchev–Trinajstić information content (AvgIpc) is 2.38. The van der Waals surface area contributed by atoms with Gasteiger partial charge in [-0.2, -0.15) is 0 Å². The molecule has 0 radical (unpaired) electrons. The topological polar surface area (TPSA) is 49.3 Å². The molecule has 3 heteroatoms. The fourth-order valence-corrected chi connectivity index (χ4v) is 1.89. The number of aliphatic carboxylic acids is 1. The summed E-state index contributed by atoms with van der Waals surface area (Å²) < 4.78 is 0. The van der Waals surface area contributed by atoms with Gasteiger partial charge in [0, 0.05) is 12.6 Å². The van der Waals surface area contributed by atoms with Gasteiger partial charge in [-0.3, -0.25) is 4.79 Å². The maximum absolute atomic E-state index is 11.3. The number of hydrogen-bond acceptors (Lipinski definition) is 2. The molecule has 2 N–H and O–H groups in total. The molecular weight excluding hydrogens is 226 g/mol. The van der Waals surface area contributed by atoms with Gasteiger partial charge < -0.3 is 10.4 Å². The Morgan fingerprint density at radius 2 is 1.89 bits per heavy atom. The van der Waals surface area contributed by atoms with E-state index in [1.54, 1.807) is 0 Å². The molecule has 3 nitrogen and oxygen atoms in total. The predicted molar refractivity (Wildman–Crippen MR) is 73.7 cm³/mol. The molecule has 100 valence electrons. The number of hydrogen-bond donors (Lipinski definition) is 2. The minimum Gasteiger partial charge on any atom is -0.481 e. The van der Waals surface area contributed by atoms with Crippen LogP contribution in [0.2, 0.25) is 0 Å². The van der Waals surface area contributed by atoms with Crippen molar-refractivity contribution in [3.63, 3.8) is 0 Å². The molecule has 0 bridgehead atoms. The van der Waals surface area contributed by atoms with E-state index in [2.05, 4.69) is 26.1 Å². The summed E-state index contributed by atoms with van der Waals surface area (Å²) >= 11 is 0. The molecule has 0 saturated carbocycles. The van der Waals surface area contributed by atoms with E-state index in [1.807, 2.05) is 30.3 Å². The van der Waals surface area contributed by atoms with Gasteiger partial charge in [0.2, 0.25) is 0 Å². The van der Waals surface area contributed by atoms with Crippen LogP contribution >= 0.6 is 0 Å². The first kappa shape index (κ1) is 14.7. The fourth-order valence-electron chi connectivity index (χ4n) is 1.89. The lowest BCUT2D eigenvalue weighted by atomic mass is 9.96. The van der Waals surface area contributed by atoms with Gasteiger partial charge in [-0.25, -0.2) is 0 Å². The Morgan fingerprint density at radius 1 is 1.28 bits per heavy atom. The Labute approximate surface area is 109 Å². The van der Waals surface area contributed by atoms with Crippen molar-refractivity contribution in [2.75, 3.05) is 6.54 Å². The van der Waals surface area contributed by atoms with Gasteiger partial charge in [0.15, 0.2) is 0 Å². The first-order valence-electron chi connectivity index (χ1n) is 6.57. The number of carboxylic acids is 1. The lowest BCUT2D eigenvalue weighted by Gasteiger charge is -2.22. The van der Waals surface area contributed by atoms with Crippen molar-refractivity contribution in [3.05, 3.63) is 35.9 Å². The minimum absolute atomic E-state index is 0.334. The third kappa shape index (κ3) is 4.15. The van der Waals surface area contributed by atoms with Gasteiger partial charge in [0.25, 0.3) is 0 Å². The zero-order valence-electron chi connectivity index (χ0n) is 11.4. The Morgan fingerprint density at radius 3 is 2.39 bits per heavy atom. The van der Waals surface area contributed by atoms with Crippen LogP contribution in [0.1, 0.15) is 38.7 Å². The molecule has 0 spiro atoms. The van der Waals surface area contributed by atoms with E-state index in [9.17, 15) is 9.90 Å². The zero-order valence-corrected chi connectivity index (χ0v) is 11.4. The van der Waals surface area contributed by atoms with Crippen molar-refractivity contribution in [2.45, 2.75) is 39.2 Å². The van der Waals surface area contributed by atoms with Crippen molar-refractivity contribution in [3.8, 4) is 0 Å². The second-order valence-corrected chi connectivity index (χ2v) is 4.88. The smallest absolute Gasteiger partial charge is 0.312 e. The largest absolute Gasteiger partial charge is 0.481 e. The first-order chi connectivity index (χ1) is 8.56. The van der Waals surface area contributed by atoms with E-state index in [0.29, 0.717) is 18.5 Å². The van der Waals surface area contributed by atoms with Crippen molar-refractivity contribution >= 4 is 5.97 Å². The summed E-state index contributed by atoms with van der Waals surface area (Å²) in [5.74, 6) is -0.696. The van der Waals surface area contributed by atoms with Crippen LogP contribution in [0.15, 0.2) is 30.3 Å². The van der Waals surface area contributed by atoms with Crippen LogP contribution in [0.4, 0.5) is 0 Å². The molecular formula is C15H23NO2. The van der Waals surface area contributed by atoms with Crippen LogP contribution in [0.25, 0.3) is 0 Å². The standard InChI is InChI=1S/C15H23NO2/c1-4-11(2)12(3)16-10-14(15(17)18)13-8-6-5-7-9-13/h5-9,11-12,14,16H,4,10H2,1-3H3,(H,17,18). The highest BCUT2D eigenvalue weighted by Crippen LogP contribution is 2.16. The maximum Gasteiger partial charge on any atom is 0.312 e. The minimum atomic E-state index is -0.773. The SMILES string of the molecule is CCC(C)C(C)NCC(C(=O)O)c1ccccc1. The molecule has 0 aliphatic rings.